The van der Waals surface area contributed by atoms with E-state index in [4.69, 9.17) is 0 Å². The maximum absolute atomic E-state index is 10.8. The van der Waals surface area contributed by atoms with E-state index in [9.17, 15) is 19.2 Å². The second-order valence-corrected chi connectivity index (χ2v) is 10.4. The SMILES string of the molecule is C.CC.CC.CC.CC.CC.CC.CC.CC.CC(=O)[C@@H]1C[CH-]CN1C.CC(=O)[C@@H]1C[CH-]CN1C.CC(=O)[C@H]1C[CH-]CN1C.CC(=O)[C@H]1C[CH-]CN1C.[CH-]=C.[CH-]=C.[CH-]=C.[CH-]=C.[K+].[K+].[K+].[K+]. The third kappa shape index (κ3) is 82.3. The van der Waals surface area contributed by atoms with E-state index in [1.165, 1.54) is 0 Å². The predicted octanol–water partition coefficient (Wildman–Crippen LogP) is 1.22. The number of carbonyl (C=O) groups excluding carboxylic acids is 4. The normalized spacial score (nSPS) is 17.0. The molecule has 8 nitrogen and oxygen atoms in total. The van der Waals surface area contributed by atoms with Crippen LogP contribution in [0, 0.1) is 52.0 Å². The van der Waals surface area contributed by atoms with Gasteiger partial charge in [-0.25, -0.2) is 0 Å². The second-order valence-electron chi connectivity index (χ2n) is 10.4. The molecule has 0 spiro atoms. The third-order valence-corrected chi connectivity index (χ3v) is 7.23. The van der Waals surface area contributed by atoms with E-state index >= 15 is 0 Å². The van der Waals surface area contributed by atoms with E-state index in [1.807, 2.05) is 139 Å². The first kappa shape index (κ1) is 118. The Morgan fingerprint density at radius 1 is 0.338 bits per heavy atom. The first-order valence-corrected chi connectivity index (χ1v) is 22.6. The summed E-state index contributed by atoms with van der Waals surface area (Å²) >= 11 is 0. The van der Waals surface area contributed by atoms with E-state index in [-0.39, 0.29) is 260 Å². The van der Waals surface area contributed by atoms with Gasteiger partial charge < -0.3 is 71.6 Å². The molecule has 12 heteroatoms. The maximum atomic E-state index is 10.8. The summed E-state index contributed by atoms with van der Waals surface area (Å²) in [6.45, 7) is 70.5. The fraction of sp³-hybridized carbons (Fsp3) is 0.698. The van der Waals surface area contributed by atoms with E-state index in [0.717, 1.165) is 51.9 Å². The summed E-state index contributed by atoms with van der Waals surface area (Å²) in [5.74, 6) is 1.13. The van der Waals surface area contributed by atoms with Gasteiger partial charge in [-0.2, -0.15) is 25.7 Å². The van der Waals surface area contributed by atoms with E-state index in [0.29, 0.717) is 0 Å². The van der Waals surface area contributed by atoms with E-state index in [1.54, 1.807) is 27.7 Å². The van der Waals surface area contributed by atoms with Crippen molar-refractivity contribution in [3.63, 3.8) is 0 Å². The maximum Gasteiger partial charge on any atom is 1.00 e. The second kappa shape index (κ2) is 113. The Balaban J connectivity index is -0.0000000267. The summed E-state index contributed by atoms with van der Waals surface area (Å²) < 4.78 is 0. The molecule has 0 aromatic heterocycles. The Hall–Kier alpha value is 4.03. The fourth-order valence-corrected chi connectivity index (χ4v) is 4.88. The standard InChI is InChI=1S/4C7H12NO.8C2H6.4C2H3.CH4.4K/c4*1-6(9)7-4-3-5-8(7)2;12*1-2;;;;;/h4*3,7H,4-5H2,1-2H3;8*1-2H3;4*1H,2H2;1H4;;;;/q4*-1;;;;;;;;;4*-1;;4*+1/t4*7-;;;;;;;;;;;;;;;;;/m1100................./s1. The monoisotopic (exact) mass is 1020 g/mol. The van der Waals surface area contributed by atoms with Gasteiger partial charge in [0.1, 0.15) is 23.1 Å². The van der Waals surface area contributed by atoms with Crippen LogP contribution < -0.4 is 206 Å². The topological polar surface area (TPSA) is 81.2 Å². The minimum atomic E-state index is 0. The molecule has 0 bridgehead atoms. The molecule has 0 amide bonds. The van der Waals surface area contributed by atoms with Gasteiger partial charge in [-0.3, -0.25) is 45.5 Å². The molecule has 0 N–H and O–H groups in total. The molecule has 65 heavy (non-hydrogen) atoms. The van der Waals surface area contributed by atoms with Gasteiger partial charge in [0, 0.05) is 24.2 Å². The number of carbonyl (C=O) groups is 4. The minimum absolute atomic E-state index is 0. The smallest absolute Gasteiger partial charge is 0.521 e. The largest absolute Gasteiger partial charge is 1.00 e. The molecule has 4 aliphatic rings. The first-order chi connectivity index (χ1) is 28.9. The average Bonchev–Trinajstić information content (AvgIpc) is 4.16. The van der Waals surface area contributed by atoms with Gasteiger partial charge in [0.15, 0.2) is 0 Å². The molecule has 4 heterocycles. The number of nitrogens with zero attached hydrogens (tertiary/aromatic N) is 4. The van der Waals surface area contributed by atoms with Gasteiger partial charge >= 0.3 is 206 Å². The summed E-state index contributed by atoms with van der Waals surface area (Å²) in [5.41, 5.74) is 0. The van der Waals surface area contributed by atoms with Crippen molar-refractivity contribution >= 4 is 23.1 Å². The Morgan fingerprint density at radius 3 is 0.462 bits per heavy atom. The van der Waals surface area contributed by atoms with Crippen LogP contribution in [0.15, 0.2) is 26.3 Å². The molecule has 0 aromatic carbocycles. The van der Waals surface area contributed by atoms with Crippen molar-refractivity contribution in [2.24, 2.45) is 0 Å². The number of Topliss-reactive ketones (excluding diaryl/α,β-unsaturated/α-hetero) is 4. The Labute approximate surface area is 584 Å². The van der Waals surface area contributed by atoms with Crippen molar-refractivity contribution in [2.75, 3.05) is 54.4 Å². The van der Waals surface area contributed by atoms with Crippen molar-refractivity contribution in [2.45, 2.75) is 196 Å². The summed E-state index contributed by atoms with van der Waals surface area (Å²) in [4.78, 5) is 51.5. The summed E-state index contributed by atoms with van der Waals surface area (Å²) in [6.07, 6.45) is 12.3. The molecular formula is C53H112K4N4O4-4. The van der Waals surface area contributed by atoms with Crippen LogP contribution in [0.1, 0.15) is 172 Å². The number of likely N-dealkylation sites (tertiary alicyclic amines) is 4. The predicted molar refractivity (Wildman–Crippen MR) is 281 cm³/mol. The Morgan fingerprint density at radius 2 is 0.431 bits per heavy atom. The molecule has 4 fully saturated rings. The van der Waals surface area contributed by atoms with Crippen molar-refractivity contribution in [3.8, 4) is 0 Å². The molecule has 0 unspecified atom stereocenters. The van der Waals surface area contributed by atoms with Crippen LogP contribution in [0.5, 0.6) is 0 Å². The summed E-state index contributed by atoms with van der Waals surface area (Å²) in [7, 11) is 7.93. The number of hydrogen-bond acceptors (Lipinski definition) is 8. The van der Waals surface area contributed by atoms with Crippen molar-refractivity contribution in [3.05, 3.63) is 78.3 Å². The van der Waals surface area contributed by atoms with Crippen LogP contribution in [0.4, 0.5) is 0 Å². The quantitative estimate of drug-likeness (QED) is 0.308. The number of likely N-dealkylation sites (N-methyl/N-ethyl adjacent to an activating group) is 4. The van der Waals surface area contributed by atoms with Crippen molar-refractivity contribution in [1.82, 2.24) is 19.6 Å². The molecular weight excluding hydrogens is 913 g/mol. The molecule has 0 saturated carbocycles. The molecule has 4 saturated heterocycles. The molecule has 0 aromatic rings. The third-order valence-electron chi connectivity index (χ3n) is 7.23. The average molecular weight is 1030 g/mol. The molecule has 0 radical (unpaired) electrons. The van der Waals surface area contributed by atoms with Crippen LogP contribution in [-0.2, 0) is 19.2 Å². The number of ketones is 4. The summed E-state index contributed by atoms with van der Waals surface area (Å²) in [5, 5.41) is 0. The summed E-state index contributed by atoms with van der Waals surface area (Å²) in [6, 6.07) is 0.685. The van der Waals surface area contributed by atoms with Gasteiger partial charge in [0.05, 0.1) is 0 Å². The van der Waals surface area contributed by atoms with Crippen LogP contribution in [0.3, 0.4) is 0 Å². The van der Waals surface area contributed by atoms with Crippen molar-refractivity contribution in [1.29, 1.82) is 0 Å². The van der Waals surface area contributed by atoms with Gasteiger partial charge in [0.2, 0.25) is 0 Å². The van der Waals surface area contributed by atoms with Crippen LogP contribution in [0.25, 0.3) is 0 Å². The van der Waals surface area contributed by atoms with Gasteiger partial charge in [-0.1, -0.05) is 118 Å². The molecule has 4 aliphatic heterocycles. The zero-order chi connectivity index (χ0) is 51.4. The van der Waals surface area contributed by atoms with Crippen LogP contribution >= 0.6 is 0 Å². The van der Waals surface area contributed by atoms with E-state index in [2.05, 4.69) is 97.9 Å². The first-order valence-electron chi connectivity index (χ1n) is 22.6. The number of rotatable bonds is 4. The van der Waals surface area contributed by atoms with E-state index < -0.39 is 0 Å². The Kier molecular flexibility index (Phi) is 205. The fourth-order valence-electron chi connectivity index (χ4n) is 4.88. The molecule has 376 valence electrons. The van der Waals surface area contributed by atoms with Gasteiger partial charge in [-0.05, 0) is 55.9 Å². The zero-order valence-corrected chi connectivity index (χ0v) is 61.3. The van der Waals surface area contributed by atoms with Crippen LogP contribution in [0.2, 0.25) is 0 Å². The molecule has 0 aliphatic carbocycles. The van der Waals surface area contributed by atoms with Gasteiger partial charge in [0.25, 0.3) is 0 Å². The molecule has 4 atom stereocenters. The Bertz CT molecular complexity index is 688. The minimum Gasteiger partial charge on any atom is -0.521 e. The zero-order valence-electron chi connectivity index (χ0n) is 48.8. The number of hydrogen-bond donors (Lipinski definition) is 0. The van der Waals surface area contributed by atoms with Crippen molar-refractivity contribution < 1.29 is 225 Å². The van der Waals surface area contributed by atoms with Gasteiger partial charge in [-0.15, -0.1) is 26.2 Å². The molecule has 4 rings (SSSR count). The van der Waals surface area contributed by atoms with Crippen LogP contribution in [-0.4, -0.2) is 121 Å².